The number of benzene rings is 1. The van der Waals surface area contributed by atoms with Crippen LogP contribution in [-0.4, -0.2) is 30.6 Å². The van der Waals surface area contributed by atoms with Crippen molar-refractivity contribution in [2.45, 2.75) is 31.8 Å². The van der Waals surface area contributed by atoms with Crippen molar-refractivity contribution in [2.24, 2.45) is 0 Å². The number of nitrogens with one attached hydrogen (secondary N) is 1. The second-order valence-corrected chi connectivity index (χ2v) is 6.80. The normalized spacial score (nSPS) is 19.4. The maximum atomic E-state index is 9.43. The number of nitrogens with zero attached hydrogens (tertiary/aromatic N) is 2. The van der Waals surface area contributed by atoms with Crippen molar-refractivity contribution in [2.75, 3.05) is 29.5 Å². The molecule has 2 aliphatic rings. The number of anilines is 1. The minimum absolute atomic E-state index is 0.711. The molecule has 20 heavy (non-hydrogen) atoms. The van der Waals surface area contributed by atoms with Crippen LogP contribution in [0.15, 0.2) is 18.2 Å². The summed E-state index contributed by atoms with van der Waals surface area (Å²) in [5.41, 5.74) is 3.17. The molecule has 1 N–H and O–H groups in total. The highest BCUT2D eigenvalue weighted by atomic mass is 32.2. The monoisotopic (exact) mass is 287 g/mol. The zero-order chi connectivity index (χ0) is 13.8. The lowest BCUT2D eigenvalue weighted by Crippen LogP contribution is -2.26. The Kier molecular flexibility index (Phi) is 4.49. The second kappa shape index (κ2) is 6.51. The molecule has 2 fully saturated rings. The largest absolute Gasteiger partial charge is 0.370 e. The van der Waals surface area contributed by atoms with Gasteiger partial charge in [0.25, 0.3) is 0 Å². The van der Waals surface area contributed by atoms with E-state index in [1.165, 1.54) is 30.6 Å². The Hall–Kier alpha value is -1.18. The van der Waals surface area contributed by atoms with Crippen LogP contribution in [0.4, 0.5) is 5.69 Å². The van der Waals surface area contributed by atoms with Gasteiger partial charge in [0.1, 0.15) is 6.07 Å². The van der Waals surface area contributed by atoms with E-state index in [1.54, 1.807) is 0 Å². The molecule has 1 saturated carbocycles. The van der Waals surface area contributed by atoms with Crippen LogP contribution in [-0.2, 0) is 6.54 Å². The van der Waals surface area contributed by atoms with Crippen molar-refractivity contribution in [1.29, 1.82) is 5.26 Å². The smallest absolute Gasteiger partial charge is 0.101 e. The summed E-state index contributed by atoms with van der Waals surface area (Å²) in [5, 5.41) is 12.9. The molecule has 0 unspecified atom stereocenters. The molecule has 3 rings (SSSR count). The standard InChI is InChI=1S/C16H21N3S/c17-11-14-10-13(12-18-15-3-4-15)2-5-16(14)19-6-1-8-20-9-7-19/h2,5,10,15,18H,1,3-4,6-9,12H2. The molecule has 106 valence electrons. The van der Waals surface area contributed by atoms with Gasteiger partial charge in [0.15, 0.2) is 0 Å². The molecule has 4 heteroatoms. The number of nitriles is 1. The van der Waals surface area contributed by atoms with E-state index in [2.05, 4.69) is 34.5 Å². The summed E-state index contributed by atoms with van der Waals surface area (Å²) in [7, 11) is 0. The van der Waals surface area contributed by atoms with Gasteiger partial charge in [-0.25, -0.2) is 0 Å². The van der Waals surface area contributed by atoms with Gasteiger partial charge in [0, 0.05) is 31.4 Å². The first-order valence-electron chi connectivity index (χ1n) is 7.46. The fourth-order valence-corrected chi connectivity index (χ4v) is 3.48. The highest BCUT2D eigenvalue weighted by Crippen LogP contribution is 2.25. The van der Waals surface area contributed by atoms with E-state index >= 15 is 0 Å². The molecule has 3 nitrogen and oxygen atoms in total. The fraction of sp³-hybridized carbons (Fsp3) is 0.562. The molecule has 1 saturated heterocycles. The third-order valence-corrected chi connectivity index (χ3v) is 4.97. The average molecular weight is 287 g/mol. The van der Waals surface area contributed by atoms with Crippen LogP contribution in [0.5, 0.6) is 0 Å². The van der Waals surface area contributed by atoms with Crippen molar-refractivity contribution in [3.63, 3.8) is 0 Å². The molecule has 0 atom stereocenters. The maximum absolute atomic E-state index is 9.43. The van der Waals surface area contributed by atoms with E-state index < -0.39 is 0 Å². The number of hydrogen-bond donors (Lipinski definition) is 1. The van der Waals surface area contributed by atoms with Crippen LogP contribution in [0.2, 0.25) is 0 Å². The van der Waals surface area contributed by atoms with E-state index in [1.807, 2.05) is 11.8 Å². The molecule has 0 spiro atoms. The summed E-state index contributed by atoms with van der Waals surface area (Å²) < 4.78 is 0. The Morgan fingerprint density at radius 1 is 1.30 bits per heavy atom. The summed E-state index contributed by atoms with van der Waals surface area (Å²) in [6.07, 6.45) is 3.81. The van der Waals surface area contributed by atoms with E-state index in [4.69, 9.17) is 0 Å². The van der Waals surface area contributed by atoms with Crippen LogP contribution < -0.4 is 10.2 Å². The number of thioether (sulfide) groups is 1. The zero-order valence-electron chi connectivity index (χ0n) is 11.8. The lowest BCUT2D eigenvalue weighted by molar-refractivity contribution is 0.687. The van der Waals surface area contributed by atoms with Gasteiger partial charge in [-0.15, -0.1) is 0 Å². The average Bonchev–Trinajstić information content (AvgIpc) is 3.31. The van der Waals surface area contributed by atoms with Gasteiger partial charge in [0.05, 0.1) is 11.3 Å². The molecule has 1 aliphatic carbocycles. The highest BCUT2D eigenvalue weighted by molar-refractivity contribution is 7.99. The van der Waals surface area contributed by atoms with Crippen LogP contribution in [0.1, 0.15) is 30.4 Å². The summed E-state index contributed by atoms with van der Waals surface area (Å²) >= 11 is 2.01. The Morgan fingerprint density at radius 2 is 2.20 bits per heavy atom. The molecule has 0 radical (unpaired) electrons. The molecule has 1 aromatic rings. The van der Waals surface area contributed by atoms with Gasteiger partial charge in [-0.05, 0) is 42.7 Å². The molecule has 1 aromatic carbocycles. The topological polar surface area (TPSA) is 39.1 Å². The van der Waals surface area contributed by atoms with Crippen molar-refractivity contribution >= 4 is 17.4 Å². The summed E-state index contributed by atoms with van der Waals surface area (Å²) in [6.45, 7) is 3.01. The molecular weight excluding hydrogens is 266 g/mol. The number of rotatable bonds is 4. The second-order valence-electron chi connectivity index (χ2n) is 5.57. The first kappa shape index (κ1) is 13.8. The molecule has 0 aromatic heterocycles. The first-order valence-corrected chi connectivity index (χ1v) is 8.61. The predicted molar refractivity (Wildman–Crippen MR) is 85.2 cm³/mol. The van der Waals surface area contributed by atoms with Crippen molar-refractivity contribution in [3.8, 4) is 6.07 Å². The van der Waals surface area contributed by atoms with Gasteiger partial charge in [-0.3, -0.25) is 0 Å². The maximum Gasteiger partial charge on any atom is 0.101 e. The molecule has 1 aliphatic heterocycles. The molecule has 1 heterocycles. The van der Waals surface area contributed by atoms with Gasteiger partial charge >= 0.3 is 0 Å². The van der Waals surface area contributed by atoms with E-state index in [0.29, 0.717) is 6.04 Å². The van der Waals surface area contributed by atoms with Crippen molar-refractivity contribution in [1.82, 2.24) is 5.32 Å². The van der Waals surface area contributed by atoms with E-state index in [9.17, 15) is 5.26 Å². The predicted octanol–water partition coefficient (Wildman–Crippen LogP) is 2.75. The third-order valence-electron chi connectivity index (χ3n) is 3.92. The van der Waals surface area contributed by atoms with E-state index in [0.717, 1.165) is 36.6 Å². The Labute approximate surface area is 125 Å². The fourth-order valence-electron chi connectivity index (χ4n) is 2.60. The van der Waals surface area contributed by atoms with Gasteiger partial charge < -0.3 is 10.2 Å². The third kappa shape index (κ3) is 3.47. The Bertz CT molecular complexity index is 497. The molecule has 0 bridgehead atoms. The van der Waals surface area contributed by atoms with Crippen LogP contribution in [0.25, 0.3) is 0 Å². The van der Waals surface area contributed by atoms with E-state index in [-0.39, 0.29) is 0 Å². The number of hydrogen-bond acceptors (Lipinski definition) is 4. The summed E-state index contributed by atoms with van der Waals surface area (Å²) in [5.74, 6) is 2.40. The molecule has 0 amide bonds. The summed E-state index contributed by atoms with van der Waals surface area (Å²) in [6, 6.07) is 9.46. The summed E-state index contributed by atoms with van der Waals surface area (Å²) in [4.78, 5) is 2.37. The SMILES string of the molecule is N#Cc1cc(CNC2CC2)ccc1N1CCCSCC1. The lowest BCUT2D eigenvalue weighted by Gasteiger charge is -2.23. The first-order chi connectivity index (χ1) is 9.86. The van der Waals surface area contributed by atoms with Crippen LogP contribution >= 0.6 is 11.8 Å². The van der Waals surface area contributed by atoms with Crippen molar-refractivity contribution in [3.05, 3.63) is 29.3 Å². The van der Waals surface area contributed by atoms with Crippen LogP contribution in [0, 0.1) is 11.3 Å². The Morgan fingerprint density at radius 3 is 3.00 bits per heavy atom. The highest BCUT2D eigenvalue weighted by Gasteiger charge is 2.20. The van der Waals surface area contributed by atoms with Gasteiger partial charge in [-0.2, -0.15) is 17.0 Å². The molecular formula is C16H21N3S. The quantitative estimate of drug-likeness (QED) is 0.924. The van der Waals surface area contributed by atoms with Crippen LogP contribution in [0.3, 0.4) is 0 Å². The zero-order valence-corrected chi connectivity index (χ0v) is 12.6. The minimum Gasteiger partial charge on any atom is -0.370 e. The van der Waals surface area contributed by atoms with Gasteiger partial charge in [-0.1, -0.05) is 6.07 Å². The Balaban J connectivity index is 1.74. The minimum atomic E-state index is 0.711. The lowest BCUT2D eigenvalue weighted by atomic mass is 10.1. The van der Waals surface area contributed by atoms with Gasteiger partial charge in [0.2, 0.25) is 0 Å². The van der Waals surface area contributed by atoms with Crippen molar-refractivity contribution < 1.29 is 0 Å².